The Kier molecular flexibility index (Phi) is 5.40. The maximum absolute atomic E-state index is 12.5. The number of ketones is 1. The van der Waals surface area contributed by atoms with Crippen molar-refractivity contribution < 1.29 is 14.4 Å². The third-order valence-corrected chi connectivity index (χ3v) is 4.31. The van der Waals surface area contributed by atoms with Crippen molar-refractivity contribution in [2.45, 2.75) is 33.6 Å². The van der Waals surface area contributed by atoms with E-state index < -0.39 is 5.41 Å². The van der Waals surface area contributed by atoms with E-state index >= 15 is 0 Å². The zero-order valence-corrected chi connectivity index (χ0v) is 14.9. The summed E-state index contributed by atoms with van der Waals surface area (Å²) in [6.45, 7) is 6.71. The van der Waals surface area contributed by atoms with Crippen molar-refractivity contribution in [1.29, 1.82) is 0 Å². The first-order valence-electron chi connectivity index (χ1n) is 7.54. The van der Waals surface area contributed by atoms with Crippen LogP contribution in [0.4, 0.5) is 0 Å². The summed E-state index contributed by atoms with van der Waals surface area (Å²) in [5, 5.41) is 1.68. The van der Waals surface area contributed by atoms with Crippen LogP contribution in [0, 0.1) is 11.3 Å². The Labute approximate surface area is 139 Å². The van der Waals surface area contributed by atoms with E-state index in [0.29, 0.717) is 25.9 Å². The summed E-state index contributed by atoms with van der Waals surface area (Å²) in [6.07, 6.45) is 1.43. The van der Waals surface area contributed by atoms with Gasteiger partial charge in [-0.25, -0.2) is 4.79 Å². The van der Waals surface area contributed by atoms with Gasteiger partial charge in [-0.05, 0) is 45.7 Å². The second-order valence-corrected chi connectivity index (χ2v) is 7.62. The number of nitrogens with zero attached hydrogens (tertiary/aromatic N) is 1. The minimum absolute atomic E-state index is 0.00534. The summed E-state index contributed by atoms with van der Waals surface area (Å²) in [5.74, 6) is -0.0507. The summed E-state index contributed by atoms with van der Waals surface area (Å²) in [7, 11) is 0. The fourth-order valence-corrected chi connectivity index (χ4v) is 2.58. The molecular weight excluding hydrogens is 346 g/mol. The number of Topliss-reactive ketones (excluding diaryl/α,β-unsaturated/α-hetero) is 1. The summed E-state index contributed by atoms with van der Waals surface area (Å²) in [6, 6.07) is 7.46. The molecule has 0 saturated carbocycles. The van der Waals surface area contributed by atoms with E-state index in [9.17, 15) is 9.59 Å². The quantitative estimate of drug-likeness (QED) is 0.761. The molecule has 0 aromatic heterocycles. The fraction of sp³-hybridized carbons (Fsp3) is 0.529. The molecule has 0 amide bonds. The molecule has 1 aromatic rings. The maximum Gasteiger partial charge on any atom is 0.330 e. The minimum Gasteiger partial charge on any atom is -0.367 e. The third kappa shape index (κ3) is 4.40. The molecule has 0 radical (unpaired) electrons. The lowest BCUT2D eigenvalue weighted by Gasteiger charge is -2.31. The molecule has 1 aliphatic rings. The van der Waals surface area contributed by atoms with Crippen LogP contribution in [0.2, 0.25) is 0 Å². The van der Waals surface area contributed by atoms with E-state index in [1.54, 1.807) is 5.06 Å². The van der Waals surface area contributed by atoms with E-state index in [1.807, 2.05) is 45.0 Å². The third-order valence-electron chi connectivity index (χ3n) is 3.78. The van der Waals surface area contributed by atoms with E-state index in [4.69, 9.17) is 4.84 Å². The Morgan fingerprint density at radius 2 is 1.68 bits per heavy atom. The average molecular weight is 368 g/mol. The average Bonchev–Trinajstić information content (AvgIpc) is 2.47. The zero-order valence-electron chi connectivity index (χ0n) is 13.3. The number of hydrogen-bond acceptors (Lipinski definition) is 4. The molecule has 4 nitrogen and oxygen atoms in total. The molecule has 1 aliphatic heterocycles. The molecule has 0 bridgehead atoms. The summed E-state index contributed by atoms with van der Waals surface area (Å²) in [4.78, 5) is 29.7. The van der Waals surface area contributed by atoms with Crippen LogP contribution < -0.4 is 0 Å². The summed E-state index contributed by atoms with van der Waals surface area (Å²) < 4.78 is 0.966. The van der Waals surface area contributed by atoms with Gasteiger partial charge in [0, 0.05) is 29.0 Å². The van der Waals surface area contributed by atoms with Gasteiger partial charge < -0.3 is 4.84 Å². The van der Waals surface area contributed by atoms with E-state index in [0.717, 1.165) is 10.0 Å². The Balaban J connectivity index is 1.88. The van der Waals surface area contributed by atoms with Gasteiger partial charge in [-0.15, -0.1) is 5.06 Å². The van der Waals surface area contributed by atoms with Gasteiger partial charge in [0.1, 0.15) is 0 Å². The van der Waals surface area contributed by atoms with Crippen LogP contribution in [-0.4, -0.2) is 29.9 Å². The lowest BCUT2D eigenvalue weighted by molar-refractivity contribution is -0.205. The molecule has 0 unspecified atom stereocenters. The topological polar surface area (TPSA) is 46.6 Å². The van der Waals surface area contributed by atoms with Crippen LogP contribution in [-0.2, 0) is 9.63 Å². The lowest BCUT2D eigenvalue weighted by atomic mass is 9.89. The highest BCUT2D eigenvalue weighted by atomic mass is 79.9. The van der Waals surface area contributed by atoms with Crippen molar-refractivity contribution in [3.63, 3.8) is 0 Å². The number of piperidine rings is 1. The lowest BCUT2D eigenvalue weighted by Crippen LogP contribution is -2.40. The molecule has 2 rings (SSSR count). The van der Waals surface area contributed by atoms with E-state index in [-0.39, 0.29) is 17.7 Å². The largest absolute Gasteiger partial charge is 0.367 e. The molecule has 0 N–H and O–H groups in total. The standard InChI is InChI=1S/C17H22BrNO3/c1-17(2,3)16(21)22-19-10-8-13(9-11-19)15(20)12-4-6-14(18)7-5-12/h4-7,13H,8-11H2,1-3H3. The van der Waals surface area contributed by atoms with Gasteiger partial charge in [-0.2, -0.15) is 0 Å². The Bertz CT molecular complexity index is 540. The zero-order chi connectivity index (χ0) is 16.3. The molecule has 1 fully saturated rings. The first kappa shape index (κ1) is 17.2. The molecule has 1 aromatic carbocycles. The van der Waals surface area contributed by atoms with Gasteiger partial charge in [-0.3, -0.25) is 4.79 Å². The highest BCUT2D eigenvalue weighted by Crippen LogP contribution is 2.24. The molecule has 5 heteroatoms. The molecule has 1 saturated heterocycles. The van der Waals surface area contributed by atoms with E-state index in [1.165, 1.54) is 0 Å². The fourth-order valence-electron chi connectivity index (χ4n) is 2.31. The Morgan fingerprint density at radius 1 is 1.14 bits per heavy atom. The van der Waals surface area contributed by atoms with Crippen LogP contribution in [0.25, 0.3) is 0 Å². The number of hydroxylamine groups is 2. The Morgan fingerprint density at radius 3 is 2.18 bits per heavy atom. The number of carbonyl (C=O) groups is 2. The molecule has 0 aliphatic carbocycles. The van der Waals surface area contributed by atoms with Crippen molar-refractivity contribution >= 4 is 27.7 Å². The summed E-state index contributed by atoms with van der Waals surface area (Å²) >= 11 is 3.37. The Hall–Kier alpha value is -1.20. The van der Waals surface area contributed by atoms with Crippen molar-refractivity contribution in [1.82, 2.24) is 5.06 Å². The highest BCUT2D eigenvalue weighted by Gasteiger charge is 2.30. The number of rotatable bonds is 3. The SMILES string of the molecule is CC(C)(C)C(=O)ON1CCC(C(=O)c2ccc(Br)cc2)CC1. The van der Waals surface area contributed by atoms with Gasteiger partial charge >= 0.3 is 5.97 Å². The predicted molar refractivity (Wildman–Crippen MR) is 88.3 cm³/mol. The van der Waals surface area contributed by atoms with Gasteiger partial charge in [0.2, 0.25) is 0 Å². The normalized spacial score (nSPS) is 17.3. The van der Waals surface area contributed by atoms with Gasteiger partial charge in [0.15, 0.2) is 5.78 Å². The second kappa shape index (κ2) is 6.92. The smallest absolute Gasteiger partial charge is 0.330 e. The number of hydrogen-bond donors (Lipinski definition) is 0. The molecule has 0 spiro atoms. The first-order valence-corrected chi connectivity index (χ1v) is 8.34. The highest BCUT2D eigenvalue weighted by molar-refractivity contribution is 9.10. The summed E-state index contributed by atoms with van der Waals surface area (Å²) in [5.41, 5.74) is 0.234. The van der Waals surface area contributed by atoms with Crippen molar-refractivity contribution in [2.24, 2.45) is 11.3 Å². The monoisotopic (exact) mass is 367 g/mol. The van der Waals surface area contributed by atoms with Gasteiger partial charge in [0.25, 0.3) is 0 Å². The molecule has 1 heterocycles. The number of halogens is 1. The molecule has 22 heavy (non-hydrogen) atoms. The van der Waals surface area contributed by atoms with Crippen LogP contribution in [0.1, 0.15) is 44.0 Å². The number of carbonyl (C=O) groups excluding carboxylic acids is 2. The van der Waals surface area contributed by atoms with Crippen LogP contribution >= 0.6 is 15.9 Å². The van der Waals surface area contributed by atoms with Crippen LogP contribution in [0.5, 0.6) is 0 Å². The van der Waals surface area contributed by atoms with Crippen molar-refractivity contribution in [2.75, 3.05) is 13.1 Å². The predicted octanol–water partition coefficient (Wildman–Crippen LogP) is 3.85. The molecular formula is C17H22BrNO3. The maximum atomic E-state index is 12.5. The number of benzene rings is 1. The van der Waals surface area contributed by atoms with Crippen molar-refractivity contribution in [3.8, 4) is 0 Å². The minimum atomic E-state index is -0.510. The van der Waals surface area contributed by atoms with Gasteiger partial charge in [-0.1, -0.05) is 28.1 Å². The molecule has 120 valence electrons. The molecule has 0 atom stereocenters. The second-order valence-electron chi connectivity index (χ2n) is 6.70. The van der Waals surface area contributed by atoms with Crippen LogP contribution in [0.15, 0.2) is 28.7 Å². The van der Waals surface area contributed by atoms with Gasteiger partial charge in [0.05, 0.1) is 5.41 Å². The van der Waals surface area contributed by atoms with Crippen LogP contribution in [0.3, 0.4) is 0 Å². The van der Waals surface area contributed by atoms with Crippen molar-refractivity contribution in [3.05, 3.63) is 34.3 Å². The van der Waals surface area contributed by atoms with E-state index in [2.05, 4.69) is 15.9 Å². The first-order chi connectivity index (χ1) is 10.3.